The van der Waals surface area contributed by atoms with Gasteiger partial charge in [-0.05, 0) is 6.54 Å². The molecule has 0 aliphatic carbocycles. The van der Waals surface area contributed by atoms with E-state index in [-0.39, 0.29) is 6.10 Å². The van der Waals surface area contributed by atoms with Crippen LogP contribution in [0, 0.1) is 0 Å². The van der Waals surface area contributed by atoms with Gasteiger partial charge in [-0.2, -0.15) is 0 Å². The van der Waals surface area contributed by atoms with Gasteiger partial charge in [0.2, 0.25) is 5.79 Å². The molecule has 3 rings (SSSR count). The van der Waals surface area contributed by atoms with Crippen LogP contribution in [0.1, 0.15) is 18.1 Å². The van der Waals surface area contributed by atoms with Gasteiger partial charge >= 0.3 is 0 Å². The standard InChI is InChI=1S/C18H21NO2/c1-2-19-13-17-14-20-18(21-17,15-9-5-3-6-10-15)16-11-7-4-8-12-16/h3-12,17,19H,2,13-14H2,1H3/t17-/m1/s1. The Labute approximate surface area is 125 Å². The first-order valence-electron chi connectivity index (χ1n) is 7.48. The van der Waals surface area contributed by atoms with Gasteiger partial charge in [-0.15, -0.1) is 0 Å². The summed E-state index contributed by atoms with van der Waals surface area (Å²) in [6.45, 7) is 4.43. The van der Waals surface area contributed by atoms with Crippen LogP contribution in [-0.2, 0) is 15.3 Å². The van der Waals surface area contributed by atoms with Crippen LogP contribution in [0.4, 0.5) is 0 Å². The monoisotopic (exact) mass is 283 g/mol. The van der Waals surface area contributed by atoms with Crippen LogP contribution in [-0.4, -0.2) is 25.8 Å². The van der Waals surface area contributed by atoms with E-state index in [2.05, 4.69) is 36.5 Å². The number of benzene rings is 2. The number of likely N-dealkylation sites (N-methyl/N-ethyl adjacent to an activating group) is 1. The fourth-order valence-electron chi connectivity index (χ4n) is 2.70. The van der Waals surface area contributed by atoms with E-state index in [1.807, 2.05) is 36.4 Å². The molecule has 0 spiro atoms. The topological polar surface area (TPSA) is 30.5 Å². The molecule has 0 unspecified atom stereocenters. The number of rotatable bonds is 5. The molecular weight excluding hydrogens is 262 g/mol. The smallest absolute Gasteiger partial charge is 0.222 e. The summed E-state index contributed by atoms with van der Waals surface area (Å²) in [5.74, 6) is -0.789. The first-order chi connectivity index (χ1) is 10.3. The Bertz CT molecular complexity index is 516. The van der Waals surface area contributed by atoms with Crippen LogP contribution in [0.5, 0.6) is 0 Å². The third-order valence-electron chi connectivity index (χ3n) is 3.73. The Morgan fingerprint density at radius 2 is 1.57 bits per heavy atom. The molecule has 3 heteroatoms. The van der Waals surface area contributed by atoms with Gasteiger partial charge in [-0.25, -0.2) is 0 Å². The first kappa shape index (κ1) is 14.3. The molecule has 21 heavy (non-hydrogen) atoms. The molecule has 1 fully saturated rings. The molecule has 2 aromatic carbocycles. The van der Waals surface area contributed by atoms with Gasteiger partial charge in [-0.1, -0.05) is 67.6 Å². The van der Waals surface area contributed by atoms with E-state index in [0.29, 0.717) is 6.61 Å². The van der Waals surface area contributed by atoms with Crippen molar-refractivity contribution in [2.24, 2.45) is 0 Å². The summed E-state index contributed by atoms with van der Waals surface area (Å²) in [5, 5.41) is 3.33. The quantitative estimate of drug-likeness (QED) is 0.915. The van der Waals surface area contributed by atoms with Crippen LogP contribution >= 0.6 is 0 Å². The van der Waals surface area contributed by atoms with Gasteiger partial charge in [0.25, 0.3) is 0 Å². The van der Waals surface area contributed by atoms with E-state index in [4.69, 9.17) is 9.47 Å². The molecule has 0 saturated carbocycles. The second-order valence-corrected chi connectivity index (χ2v) is 5.21. The maximum Gasteiger partial charge on any atom is 0.222 e. The minimum Gasteiger partial charge on any atom is -0.339 e. The predicted molar refractivity (Wildman–Crippen MR) is 83.0 cm³/mol. The van der Waals surface area contributed by atoms with Crippen LogP contribution < -0.4 is 5.32 Å². The van der Waals surface area contributed by atoms with Crippen molar-refractivity contribution in [3.63, 3.8) is 0 Å². The molecule has 0 aromatic heterocycles. The molecule has 0 radical (unpaired) electrons. The van der Waals surface area contributed by atoms with E-state index < -0.39 is 5.79 Å². The summed E-state index contributed by atoms with van der Waals surface area (Å²) < 4.78 is 12.5. The van der Waals surface area contributed by atoms with Crippen molar-refractivity contribution >= 4 is 0 Å². The molecule has 0 bridgehead atoms. The summed E-state index contributed by atoms with van der Waals surface area (Å²) in [6.07, 6.45) is 0.0605. The molecule has 0 amide bonds. The lowest BCUT2D eigenvalue weighted by Crippen LogP contribution is -2.33. The third-order valence-corrected chi connectivity index (χ3v) is 3.73. The highest BCUT2D eigenvalue weighted by Gasteiger charge is 2.44. The first-order valence-corrected chi connectivity index (χ1v) is 7.48. The Morgan fingerprint density at radius 3 is 2.10 bits per heavy atom. The molecule has 2 aromatic rings. The second-order valence-electron chi connectivity index (χ2n) is 5.21. The van der Waals surface area contributed by atoms with Crippen molar-refractivity contribution in [3.05, 3.63) is 71.8 Å². The Morgan fingerprint density at radius 1 is 1.00 bits per heavy atom. The lowest BCUT2D eigenvalue weighted by atomic mass is 9.97. The molecule has 1 aliphatic heterocycles. The zero-order valence-electron chi connectivity index (χ0n) is 12.3. The number of hydrogen-bond donors (Lipinski definition) is 1. The maximum absolute atomic E-state index is 6.34. The fourth-order valence-corrected chi connectivity index (χ4v) is 2.70. The predicted octanol–water partition coefficient (Wildman–Crippen LogP) is 2.91. The molecule has 1 aliphatic rings. The zero-order chi connectivity index (χ0) is 14.5. The molecule has 1 N–H and O–H groups in total. The fraction of sp³-hybridized carbons (Fsp3) is 0.333. The highest BCUT2D eigenvalue weighted by atomic mass is 16.7. The summed E-state index contributed by atoms with van der Waals surface area (Å²) in [6, 6.07) is 20.3. The van der Waals surface area contributed by atoms with Gasteiger partial charge in [0.05, 0.1) is 12.7 Å². The highest BCUT2D eigenvalue weighted by Crippen LogP contribution is 2.40. The van der Waals surface area contributed by atoms with Crippen molar-refractivity contribution in [3.8, 4) is 0 Å². The largest absolute Gasteiger partial charge is 0.339 e. The molecule has 3 nitrogen and oxygen atoms in total. The van der Waals surface area contributed by atoms with Gasteiger partial charge < -0.3 is 14.8 Å². The van der Waals surface area contributed by atoms with E-state index >= 15 is 0 Å². The minimum atomic E-state index is -0.789. The third kappa shape index (κ3) is 2.86. The Kier molecular flexibility index (Phi) is 4.34. The van der Waals surface area contributed by atoms with Crippen molar-refractivity contribution < 1.29 is 9.47 Å². The van der Waals surface area contributed by atoms with Crippen molar-refractivity contribution in [1.82, 2.24) is 5.32 Å². The van der Waals surface area contributed by atoms with Gasteiger partial charge in [0, 0.05) is 17.7 Å². The van der Waals surface area contributed by atoms with E-state index in [1.165, 1.54) is 0 Å². The average Bonchev–Trinajstić information content (AvgIpc) is 3.00. The van der Waals surface area contributed by atoms with E-state index in [0.717, 1.165) is 24.2 Å². The van der Waals surface area contributed by atoms with Gasteiger partial charge in [0.1, 0.15) is 0 Å². The Balaban J connectivity index is 1.94. The molecule has 110 valence electrons. The number of nitrogens with one attached hydrogen (secondary N) is 1. The van der Waals surface area contributed by atoms with Crippen molar-refractivity contribution in [2.75, 3.05) is 19.7 Å². The van der Waals surface area contributed by atoms with Gasteiger partial charge in [-0.3, -0.25) is 0 Å². The molecule has 1 heterocycles. The maximum atomic E-state index is 6.34. The lowest BCUT2D eigenvalue weighted by Gasteiger charge is -2.29. The minimum absolute atomic E-state index is 0.0605. The zero-order valence-corrected chi connectivity index (χ0v) is 12.3. The molecular formula is C18H21NO2. The molecule has 1 atom stereocenters. The average molecular weight is 283 g/mol. The normalized spacial score (nSPS) is 20.5. The number of hydrogen-bond acceptors (Lipinski definition) is 3. The van der Waals surface area contributed by atoms with Crippen molar-refractivity contribution in [2.45, 2.75) is 18.8 Å². The van der Waals surface area contributed by atoms with Crippen molar-refractivity contribution in [1.29, 1.82) is 0 Å². The van der Waals surface area contributed by atoms with E-state index in [9.17, 15) is 0 Å². The summed E-state index contributed by atoms with van der Waals surface area (Å²) in [7, 11) is 0. The van der Waals surface area contributed by atoms with Crippen LogP contribution in [0.2, 0.25) is 0 Å². The van der Waals surface area contributed by atoms with Crippen LogP contribution in [0.25, 0.3) is 0 Å². The SMILES string of the molecule is CCNC[C@@H]1COC(c2ccccc2)(c2ccccc2)O1. The van der Waals surface area contributed by atoms with Gasteiger partial charge in [0.15, 0.2) is 0 Å². The lowest BCUT2D eigenvalue weighted by molar-refractivity contribution is -0.142. The number of ether oxygens (including phenoxy) is 2. The van der Waals surface area contributed by atoms with Crippen LogP contribution in [0.3, 0.4) is 0 Å². The summed E-state index contributed by atoms with van der Waals surface area (Å²) in [5.41, 5.74) is 2.07. The van der Waals surface area contributed by atoms with Crippen LogP contribution in [0.15, 0.2) is 60.7 Å². The Hall–Kier alpha value is -1.68. The summed E-state index contributed by atoms with van der Waals surface area (Å²) >= 11 is 0. The van der Waals surface area contributed by atoms with E-state index in [1.54, 1.807) is 0 Å². The summed E-state index contributed by atoms with van der Waals surface area (Å²) in [4.78, 5) is 0. The second kappa shape index (κ2) is 6.39. The highest BCUT2D eigenvalue weighted by molar-refractivity contribution is 5.34. The molecule has 1 saturated heterocycles.